The number of hydrogen-bond acceptors (Lipinski definition) is 1. The molecule has 4 saturated carbocycles. The Balaban J connectivity index is 1.04. The molecule has 2 heterocycles. The predicted molar refractivity (Wildman–Crippen MR) is 218 cm³/mol. The molecule has 258 valence electrons. The number of nitrogens with zero attached hydrogens (tertiary/aromatic N) is 2. The smallest absolute Gasteiger partial charge is 0.123 e. The molecule has 0 amide bonds. The fourth-order valence-corrected chi connectivity index (χ4v) is 11.2. The SMILES string of the molecule is Fc1ccc(N(c2ccc(-c3cc4ccccc4c4c(-c5ccccc5)c5ccccc5n34)cc2)c2ccc(C34CC5CC(CC(C5)C3)C4)cc2)cc1. The molecule has 4 bridgehead atoms. The van der Waals surface area contributed by atoms with Gasteiger partial charge in [0.25, 0.3) is 0 Å². The first-order chi connectivity index (χ1) is 26.1. The van der Waals surface area contributed by atoms with Crippen LogP contribution in [0.4, 0.5) is 21.5 Å². The molecule has 0 unspecified atom stereocenters. The van der Waals surface area contributed by atoms with Crippen molar-refractivity contribution >= 4 is 44.3 Å². The molecule has 0 atom stereocenters. The average molecular weight is 689 g/mol. The van der Waals surface area contributed by atoms with Crippen LogP contribution in [-0.4, -0.2) is 4.40 Å². The minimum absolute atomic E-state index is 0.227. The summed E-state index contributed by atoms with van der Waals surface area (Å²) in [4.78, 5) is 2.27. The summed E-state index contributed by atoms with van der Waals surface area (Å²) in [6.07, 6.45) is 8.41. The Kier molecular flexibility index (Phi) is 6.96. The van der Waals surface area contributed by atoms with Crippen LogP contribution in [0.5, 0.6) is 0 Å². The summed E-state index contributed by atoms with van der Waals surface area (Å²) in [7, 11) is 0. The van der Waals surface area contributed by atoms with Gasteiger partial charge in [-0.3, -0.25) is 0 Å². The van der Waals surface area contributed by atoms with Crippen molar-refractivity contribution in [1.82, 2.24) is 4.40 Å². The van der Waals surface area contributed by atoms with E-state index in [2.05, 4.69) is 143 Å². The van der Waals surface area contributed by atoms with Crippen molar-refractivity contribution in [3.8, 4) is 22.4 Å². The standard InChI is InChI=1S/C50H41FN2/c51-40-18-24-43(25-19-40)52(42-22-16-39(17-23-42)50-30-33-26-34(31-50)28-35(27-33)32-50)41-20-14-36(15-21-41)47-29-38-10-4-5-11-44(38)49-48(37-8-2-1-3-9-37)45-12-6-7-13-46(45)53(47)49/h1-25,29,33-35H,26-28,30-32H2. The fourth-order valence-electron chi connectivity index (χ4n) is 11.2. The van der Waals surface area contributed by atoms with Crippen LogP contribution in [0.2, 0.25) is 0 Å². The number of halogens is 1. The van der Waals surface area contributed by atoms with Gasteiger partial charge < -0.3 is 9.30 Å². The number of benzene rings is 6. The van der Waals surface area contributed by atoms with Crippen molar-refractivity contribution in [3.63, 3.8) is 0 Å². The van der Waals surface area contributed by atoms with Crippen LogP contribution in [0.15, 0.2) is 158 Å². The highest BCUT2D eigenvalue weighted by molar-refractivity contribution is 6.16. The van der Waals surface area contributed by atoms with Crippen LogP contribution in [0.1, 0.15) is 44.1 Å². The number of para-hydroxylation sites is 1. The van der Waals surface area contributed by atoms with E-state index in [0.29, 0.717) is 5.41 Å². The third kappa shape index (κ3) is 4.97. The predicted octanol–water partition coefficient (Wildman–Crippen LogP) is 13.7. The normalized spacial score (nSPS) is 21.9. The van der Waals surface area contributed by atoms with E-state index < -0.39 is 0 Å². The zero-order valence-corrected chi connectivity index (χ0v) is 29.8. The summed E-state index contributed by atoms with van der Waals surface area (Å²) in [5.41, 5.74) is 12.1. The number of aromatic nitrogens is 1. The first kappa shape index (κ1) is 30.9. The lowest BCUT2D eigenvalue weighted by molar-refractivity contribution is -0.00518. The molecule has 53 heavy (non-hydrogen) atoms. The van der Waals surface area contributed by atoms with Gasteiger partial charge >= 0.3 is 0 Å². The van der Waals surface area contributed by atoms with Gasteiger partial charge in [0, 0.05) is 33.4 Å². The van der Waals surface area contributed by atoms with Crippen LogP contribution in [0.25, 0.3) is 49.6 Å². The highest BCUT2D eigenvalue weighted by Crippen LogP contribution is 2.61. The summed E-state index contributed by atoms with van der Waals surface area (Å²) in [5, 5.41) is 3.70. The summed E-state index contributed by atoms with van der Waals surface area (Å²) in [6.45, 7) is 0. The lowest BCUT2D eigenvalue weighted by Gasteiger charge is -2.57. The molecule has 2 nitrogen and oxygen atoms in total. The second-order valence-electron chi connectivity index (χ2n) is 16.2. The van der Waals surface area contributed by atoms with Gasteiger partial charge in [-0.2, -0.15) is 0 Å². The van der Waals surface area contributed by atoms with Gasteiger partial charge in [-0.1, -0.05) is 97.1 Å². The Bertz CT molecular complexity index is 2600. The van der Waals surface area contributed by atoms with E-state index in [1.807, 2.05) is 12.1 Å². The number of pyridine rings is 1. The molecular formula is C50H41FN2. The lowest BCUT2D eigenvalue weighted by Crippen LogP contribution is -2.48. The molecule has 0 N–H and O–H groups in total. The molecule has 12 rings (SSSR count). The van der Waals surface area contributed by atoms with Crippen molar-refractivity contribution in [1.29, 1.82) is 0 Å². The molecule has 2 aromatic heterocycles. The second-order valence-corrected chi connectivity index (χ2v) is 16.2. The number of fused-ring (bicyclic) bond motifs is 5. The summed E-state index contributed by atoms with van der Waals surface area (Å²) >= 11 is 0. The maximum Gasteiger partial charge on any atom is 0.123 e. The van der Waals surface area contributed by atoms with Crippen LogP contribution >= 0.6 is 0 Å². The second kappa shape index (κ2) is 11.9. The van der Waals surface area contributed by atoms with Crippen LogP contribution in [0, 0.1) is 23.6 Å². The molecule has 4 aliphatic rings. The van der Waals surface area contributed by atoms with E-state index in [-0.39, 0.29) is 5.82 Å². The zero-order valence-electron chi connectivity index (χ0n) is 29.8. The molecule has 4 aliphatic carbocycles. The molecule has 8 aromatic rings. The molecule has 6 aromatic carbocycles. The van der Waals surface area contributed by atoms with Gasteiger partial charge in [-0.15, -0.1) is 0 Å². The molecule has 3 heteroatoms. The summed E-state index contributed by atoms with van der Waals surface area (Å²) in [6, 6.07) is 55.9. The van der Waals surface area contributed by atoms with Gasteiger partial charge in [0.2, 0.25) is 0 Å². The average Bonchev–Trinajstić information content (AvgIpc) is 3.55. The maximum atomic E-state index is 14.2. The number of rotatable bonds is 6. The van der Waals surface area contributed by atoms with Crippen molar-refractivity contribution in [2.24, 2.45) is 17.8 Å². The number of hydrogen-bond donors (Lipinski definition) is 0. The van der Waals surface area contributed by atoms with Gasteiger partial charge in [-0.05, 0) is 144 Å². The van der Waals surface area contributed by atoms with Gasteiger partial charge in [0.15, 0.2) is 0 Å². The lowest BCUT2D eigenvalue weighted by atomic mass is 9.48. The maximum absolute atomic E-state index is 14.2. The van der Waals surface area contributed by atoms with Crippen molar-refractivity contribution < 1.29 is 4.39 Å². The Morgan fingerprint density at radius 2 is 1.08 bits per heavy atom. The van der Waals surface area contributed by atoms with Crippen molar-refractivity contribution in [2.45, 2.75) is 43.9 Å². The van der Waals surface area contributed by atoms with Crippen molar-refractivity contribution in [3.05, 3.63) is 169 Å². The Hall–Kier alpha value is -5.67. The molecule has 0 spiro atoms. The Labute approximate surface area is 310 Å². The van der Waals surface area contributed by atoms with Crippen molar-refractivity contribution in [2.75, 3.05) is 4.90 Å². The minimum Gasteiger partial charge on any atom is -0.311 e. The quantitative estimate of drug-likeness (QED) is 0.169. The molecule has 0 radical (unpaired) electrons. The third-order valence-corrected chi connectivity index (χ3v) is 13.0. The molecule has 0 saturated heterocycles. The molecular weight excluding hydrogens is 648 g/mol. The summed E-state index contributed by atoms with van der Waals surface area (Å²) in [5.74, 6) is 2.51. The van der Waals surface area contributed by atoms with Gasteiger partial charge in [0.1, 0.15) is 5.82 Å². The molecule has 4 fully saturated rings. The first-order valence-corrected chi connectivity index (χ1v) is 19.4. The Morgan fingerprint density at radius 3 is 1.74 bits per heavy atom. The van der Waals surface area contributed by atoms with Crippen LogP contribution in [-0.2, 0) is 5.41 Å². The van der Waals surface area contributed by atoms with Crippen LogP contribution < -0.4 is 4.90 Å². The van der Waals surface area contributed by atoms with E-state index in [1.165, 1.54) is 82.4 Å². The topological polar surface area (TPSA) is 7.65 Å². The van der Waals surface area contributed by atoms with Gasteiger partial charge in [-0.25, -0.2) is 4.39 Å². The largest absolute Gasteiger partial charge is 0.311 e. The summed E-state index contributed by atoms with van der Waals surface area (Å²) < 4.78 is 16.7. The van der Waals surface area contributed by atoms with E-state index in [9.17, 15) is 4.39 Å². The Morgan fingerprint density at radius 1 is 0.528 bits per heavy atom. The first-order valence-electron chi connectivity index (χ1n) is 19.4. The monoisotopic (exact) mass is 688 g/mol. The minimum atomic E-state index is -0.227. The highest BCUT2D eigenvalue weighted by Gasteiger charge is 2.51. The van der Waals surface area contributed by atoms with E-state index >= 15 is 0 Å². The number of anilines is 3. The van der Waals surface area contributed by atoms with E-state index in [1.54, 1.807) is 12.1 Å². The van der Waals surface area contributed by atoms with Gasteiger partial charge in [0.05, 0.1) is 16.7 Å². The highest BCUT2D eigenvalue weighted by atomic mass is 19.1. The fraction of sp³-hybridized carbons (Fsp3) is 0.200. The van der Waals surface area contributed by atoms with E-state index in [0.717, 1.165) is 46.1 Å². The van der Waals surface area contributed by atoms with Crippen LogP contribution in [0.3, 0.4) is 0 Å². The zero-order chi connectivity index (χ0) is 35.1. The third-order valence-electron chi connectivity index (χ3n) is 13.0. The van der Waals surface area contributed by atoms with E-state index in [4.69, 9.17) is 0 Å². The molecule has 0 aliphatic heterocycles.